The Balaban J connectivity index is 2.06. The zero-order valence-electron chi connectivity index (χ0n) is 11.3. The molecule has 1 atom stereocenters. The Morgan fingerprint density at radius 3 is 2.40 bits per heavy atom. The third-order valence-electron chi connectivity index (χ3n) is 3.98. The van der Waals surface area contributed by atoms with Crippen molar-refractivity contribution in [3.8, 4) is 17.2 Å². The zero-order valence-corrected chi connectivity index (χ0v) is 11.3. The standard InChI is InChI=1S/C17H16O3/c1-11-15-8-7-14(19)9-16(15)20-10-17(11,2)12-3-5-13(18)6-4-12/h3-9,18-19H,1,10H2,2H3. The highest BCUT2D eigenvalue weighted by Crippen LogP contribution is 2.45. The first kappa shape index (κ1) is 12.6. The summed E-state index contributed by atoms with van der Waals surface area (Å²) in [6, 6.07) is 12.2. The van der Waals surface area contributed by atoms with E-state index in [1.165, 1.54) is 0 Å². The second-order valence-electron chi connectivity index (χ2n) is 5.33. The van der Waals surface area contributed by atoms with Gasteiger partial charge in [0.2, 0.25) is 0 Å². The van der Waals surface area contributed by atoms with Gasteiger partial charge in [0, 0.05) is 11.6 Å². The summed E-state index contributed by atoms with van der Waals surface area (Å²) in [7, 11) is 0. The maximum atomic E-state index is 9.51. The summed E-state index contributed by atoms with van der Waals surface area (Å²) in [5, 5.41) is 18.9. The molecule has 0 fully saturated rings. The first-order valence-corrected chi connectivity index (χ1v) is 6.46. The van der Waals surface area contributed by atoms with Crippen molar-refractivity contribution in [1.82, 2.24) is 0 Å². The van der Waals surface area contributed by atoms with Crippen LogP contribution in [0, 0.1) is 0 Å². The molecule has 0 aliphatic carbocycles. The molecule has 1 heterocycles. The van der Waals surface area contributed by atoms with Crippen molar-refractivity contribution in [3.05, 3.63) is 60.2 Å². The molecule has 2 aromatic carbocycles. The Morgan fingerprint density at radius 1 is 1.05 bits per heavy atom. The molecule has 102 valence electrons. The number of ether oxygens (including phenoxy) is 1. The van der Waals surface area contributed by atoms with E-state index in [-0.39, 0.29) is 16.9 Å². The third kappa shape index (κ3) is 1.83. The van der Waals surface area contributed by atoms with Gasteiger partial charge >= 0.3 is 0 Å². The van der Waals surface area contributed by atoms with Crippen molar-refractivity contribution in [2.75, 3.05) is 6.61 Å². The van der Waals surface area contributed by atoms with Crippen LogP contribution in [0.4, 0.5) is 0 Å². The van der Waals surface area contributed by atoms with Gasteiger partial charge < -0.3 is 14.9 Å². The lowest BCUT2D eigenvalue weighted by atomic mass is 9.73. The summed E-state index contributed by atoms with van der Waals surface area (Å²) < 4.78 is 5.79. The molecule has 2 aromatic rings. The van der Waals surface area contributed by atoms with E-state index in [0.29, 0.717) is 12.4 Å². The Labute approximate surface area is 117 Å². The minimum atomic E-state index is -0.350. The maximum absolute atomic E-state index is 9.51. The molecule has 0 amide bonds. The largest absolute Gasteiger partial charge is 0.508 e. The predicted molar refractivity (Wildman–Crippen MR) is 78.1 cm³/mol. The molecule has 0 radical (unpaired) electrons. The molecule has 0 spiro atoms. The molecule has 3 nitrogen and oxygen atoms in total. The van der Waals surface area contributed by atoms with Crippen LogP contribution in [0.3, 0.4) is 0 Å². The summed E-state index contributed by atoms with van der Waals surface area (Å²) in [5.74, 6) is 1.08. The number of rotatable bonds is 1. The number of aromatic hydroxyl groups is 2. The predicted octanol–water partition coefficient (Wildman–Crippen LogP) is 3.46. The van der Waals surface area contributed by atoms with Crippen LogP contribution in [0.5, 0.6) is 17.2 Å². The van der Waals surface area contributed by atoms with E-state index in [0.717, 1.165) is 16.7 Å². The van der Waals surface area contributed by atoms with Crippen LogP contribution in [0.25, 0.3) is 5.57 Å². The summed E-state index contributed by atoms with van der Waals surface area (Å²) in [5.41, 5.74) is 2.55. The van der Waals surface area contributed by atoms with Crippen LogP contribution in [0.1, 0.15) is 18.1 Å². The Bertz CT molecular complexity index is 673. The van der Waals surface area contributed by atoms with Crippen molar-refractivity contribution in [3.63, 3.8) is 0 Å². The number of benzene rings is 2. The second-order valence-corrected chi connectivity index (χ2v) is 5.33. The molecule has 2 N–H and O–H groups in total. The molecule has 0 bridgehead atoms. The van der Waals surface area contributed by atoms with Gasteiger partial charge in [-0.1, -0.05) is 18.7 Å². The van der Waals surface area contributed by atoms with Crippen molar-refractivity contribution < 1.29 is 14.9 Å². The van der Waals surface area contributed by atoms with Crippen molar-refractivity contribution in [2.45, 2.75) is 12.3 Å². The molecule has 1 aliphatic rings. The summed E-state index contributed by atoms with van der Waals surface area (Å²) in [6.07, 6.45) is 0. The molecule has 3 heteroatoms. The first-order chi connectivity index (χ1) is 9.50. The molecule has 0 aromatic heterocycles. The fourth-order valence-corrected chi connectivity index (χ4v) is 2.57. The lowest BCUT2D eigenvalue weighted by Gasteiger charge is -2.37. The number of phenolic OH excluding ortho intramolecular Hbond substituents is 2. The first-order valence-electron chi connectivity index (χ1n) is 6.46. The van der Waals surface area contributed by atoms with E-state index in [2.05, 4.69) is 13.5 Å². The van der Waals surface area contributed by atoms with E-state index >= 15 is 0 Å². The van der Waals surface area contributed by atoms with Gasteiger partial charge in [-0.2, -0.15) is 0 Å². The van der Waals surface area contributed by atoms with Crippen molar-refractivity contribution in [2.24, 2.45) is 0 Å². The quantitative estimate of drug-likeness (QED) is 0.832. The lowest BCUT2D eigenvalue weighted by Crippen LogP contribution is -2.34. The summed E-state index contributed by atoms with van der Waals surface area (Å²) >= 11 is 0. The molecule has 20 heavy (non-hydrogen) atoms. The van der Waals surface area contributed by atoms with Crippen LogP contribution in [0.15, 0.2) is 49.0 Å². The monoisotopic (exact) mass is 268 g/mol. The molecule has 0 saturated carbocycles. The Hall–Kier alpha value is -2.42. The number of hydrogen-bond acceptors (Lipinski definition) is 3. The Morgan fingerprint density at radius 2 is 1.70 bits per heavy atom. The number of phenols is 2. The third-order valence-corrected chi connectivity index (χ3v) is 3.98. The van der Waals surface area contributed by atoms with E-state index in [1.54, 1.807) is 24.3 Å². The van der Waals surface area contributed by atoms with E-state index in [1.807, 2.05) is 18.2 Å². The highest BCUT2D eigenvalue weighted by molar-refractivity contribution is 5.79. The average Bonchev–Trinajstić information content (AvgIpc) is 2.44. The molecular weight excluding hydrogens is 252 g/mol. The van der Waals surface area contributed by atoms with E-state index < -0.39 is 0 Å². The average molecular weight is 268 g/mol. The lowest BCUT2D eigenvalue weighted by molar-refractivity contribution is 0.249. The van der Waals surface area contributed by atoms with Gasteiger partial charge in [-0.05, 0) is 42.3 Å². The molecule has 1 unspecified atom stereocenters. The van der Waals surface area contributed by atoms with Gasteiger partial charge in [0.15, 0.2) is 0 Å². The highest BCUT2D eigenvalue weighted by Gasteiger charge is 2.36. The minimum absolute atomic E-state index is 0.185. The van der Waals surface area contributed by atoms with Gasteiger partial charge in [0.25, 0.3) is 0 Å². The van der Waals surface area contributed by atoms with Gasteiger partial charge in [-0.3, -0.25) is 0 Å². The zero-order chi connectivity index (χ0) is 14.3. The van der Waals surface area contributed by atoms with E-state index in [9.17, 15) is 10.2 Å². The fourth-order valence-electron chi connectivity index (χ4n) is 2.57. The van der Waals surface area contributed by atoms with Gasteiger partial charge in [0.05, 0.1) is 5.41 Å². The SMILES string of the molecule is C=C1c2ccc(O)cc2OCC1(C)c1ccc(O)cc1. The van der Waals surface area contributed by atoms with Gasteiger partial charge in [-0.15, -0.1) is 0 Å². The van der Waals surface area contributed by atoms with Crippen LogP contribution in [0.2, 0.25) is 0 Å². The van der Waals surface area contributed by atoms with Crippen molar-refractivity contribution in [1.29, 1.82) is 0 Å². The smallest absolute Gasteiger partial charge is 0.130 e. The second kappa shape index (κ2) is 4.30. The van der Waals surface area contributed by atoms with E-state index in [4.69, 9.17) is 4.74 Å². The number of hydrogen-bond donors (Lipinski definition) is 2. The molecular formula is C17H16O3. The summed E-state index contributed by atoms with van der Waals surface area (Å²) in [4.78, 5) is 0. The van der Waals surface area contributed by atoms with Crippen LogP contribution in [-0.4, -0.2) is 16.8 Å². The molecule has 0 saturated heterocycles. The minimum Gasteiger partial charge on any atom is -0.508 e. The van der Waals surface area contributed by atoms with Crippen LogP contribution in [-0.2, 0) is 5.41 Å². The van der Waals surface area contributed by atoms with Crippen LogP contribution >= 0.6 is 0 Å². The molecule has 3 rings (SSSR count). The maximum Gasteiger partial charge on any atom is 0.130 e. The van der Waals surface area contributed by atoms with Gasteiger partial charge in [-0.25, -0.2) is 0 Å². The summed E-state index contributed by atoms with van der Waals surface area (Å²) in [6.45, 7) is 6.73. The highest BCUT2D eigenvalue weighted by atomic mass is 16.5. The Kier molecular flexibility index (Phi) is 2.71. The fraction of sp³-hybridized carbons (Fsp3) is 0.176. The van der Waals surface area contributed by atoms with Crippen LogP contribution < -0.4 is 4.74 Å². The topological polar surface area (TPSA) is 49.7 Å². The van der Waals surface area contributed by atoms with Crippen molar-refractivity contribution >= 4 is 5.57 Å². The normalized spacial score (nSPS) is 21.1. The number of fused-ring (bicyclic) bond motifs is 1. The van der Waals surface area contributed by atoms with Gasteiger partial charge in [0.1, 0.15) is 23.9 Å². The molecule has 1 aliphatic heterocycles.